The Morgan fingerprint density at radius 3 is 3.00 bits per heavy atom. The molecule has 0 aromatic heterocycles. The first-order chi connectivity index (χ1) is 9.10. The fraction of sp³-hybridized carbons (Fsp3) is 0.500. The van der Waals surface area contributed by atoms with Gasteiger partial charge in [-0.05, 0) is 37.5 Å². The molecule has 1 aromatic carbocycles. The molecule has 4 nitrogen and oxygen atoms in total. The maximum absolute atomic E-state index is 12.1. The van der Waals surface area contributed by atoms with Crippen LogP contribution in [0.3, 0.4) is 0 Å². The summed E-state index contributed by atoms with van der Waals surface area (Å²) in [6.07, 6.45) is 1.28. The molecule has 1 fully saturated rings. The van der Waals surface area contributed by atoms with Gasteiger partial charge in [-0.1, -0.05) is 28.1 Å². The molecule has 0 spiro atoms. The molecule has 2 rings (SSSR count). The molecule has 0 radical (unpaired) electrons. The van der Waals surface area contributed by atoms with E-state index in [9.17, 15) is 4.79 Å². The highest BCUT2D eigenvalue weighted by molar-refractivity contribution is 9.10. The zero-order valence-corrected chi connectivity index (χ0v) is 12.5. The second-order valence-electron chi connectivity index (χ2n) is 4.85. The molecular formula is C14H19BrN2O2. The Morgan fingerprint density at radius 1 is 1.58 bits per heavy atom. The molecule has 0 bridgehead atoms. The van der Waals surface area contributed by atoms with E-state index in [1.54, 1.807) is 0 Å². The smallest absolute Gasteiger partial charge is 0.249 e. The van der Waals surface area contributed by atoms with E-state index in [0.29, 0.717) is 6.54 Å². The van der Waals surface area contributed by atoms with Crippen molar-refractivity contribution in [2.75, 3.05) is 6.54 Å². The molecular weight excluding hydrogens is 308 g/mol. The number of hydrogen-bond acceptors (Lipinski definition) is 3. The Labute approximate surface area is 121 Å². The minimum absolute atomic E-state index is 0.0249. The second-order valence-corrected chi connectivity index (χ2v) is 5.76. The lowest BCUT2D eigenvalue weighted by atomic mass is 10.1. The van der Waals surface area contributed by atoms with Crippen molar-refractivity contribution in [3.8, 4) is 0 Å². The molecule has 19 heavy (non-hydrogen) atoms. The Hall–Kier alpha value is -0.910. The lowest BCUT2D eigenvalue weighted by molar-refractivity contribution is -0.132. The second kappa shape index (κ2) is 6.50. The molecule has 3 unspecified atom stereocenters. The van der Waals surface area contributed by atoms with Gasteiger partial charge in [-0.25, -0.2) is 0 Å². The first-order valence-electron chi connectivity index (χ1n) is 6.51. The Morgan fingerprint density at radius 2 is 2.37 bits per heavy atom. The van der Waals surface area contributed by atoms with Crippen LogP contribution in [-0.4, -0.2) is 24.7 Å². The highest BCUT2D eigenvalue weighted by Crippen LogP contribution is 2.21. The number of rotatable bonds is 4. The minimum Gasteiger partial charge on any atom is -0.364 e. The lowest BCUT2D eigenvalue weighted by Gasteiger charge is -2.18. The first kappa shape index (κ1) is 14.5. The van der Waals surface area contributed by atoms with Crippen LogP contribution in [0, 0.1) is 0 Å². The summed E-state index contributed by atoms with van der Waals surface area (Å²) in [5.41, 5.74) is 6.61. The molecule has 1 aromatic rings. The summed E-state index contributed by atoms with van der Waals surface area (Å²) in [6, 6.07) is 7.88. The SMILES string of the molecule is CC(NC(=O)C1CCC(CN)O1)c1cccc(Br)c1. The predicted octanol–water partition coefficient (Wildman–Crippen LogP) is 2.13. The molecule has 1 heterocycles. The van der Waals surface area contributed by atoms with Gasteiger partial charge in [0, 0.05) is 11.0 Å². The maximum atomic E-state index is 12.1. The van der Waals surface area contributed by atoms with Gasteiger partial charge in [0.2, 0.25) is 5.91 Å². The number of nitrogens with one attached hydrogen (secondary N) is 1. The van der Waals surface area contributed by atoms with Crippen molar-refractivity contribution in [2.45, 2.75) is 38.0 Å². The molecule has 104 valence electrons. The minimum atomic E-state index is -0.358. The number of carbonyl (C=O) groups excluding carboxylic acids is 1. The van der Waals surface area contributed by atoms with Gasteiger partial charge in [-0.15, -0.1) is 0 Å². The molecule has 0 aliphatic carbocycles. The van der Waals surface area contributed by atoms with Crippen LogP contribution in [-0.2, 0) is 9.53 Å². The molecule has 0 saturated carbocycles. The van der Waals surface area contributed by atoms with Gasteiger partial charge >= 0.3 is 0 Å². The highest BCUT2D eigenvalue weighted by atomic mass is 79.9. The summed E-state index contributed by atoms with van der Waals surface area (Å²) in [6.45, 7) is 2.44. The van der Waals surface area contributed by atoms with Crippen molar-refractivity contribution in [2.24, 2.45) is 5.73 Å². The van der Waals surface area contributed by atoms with E-state index in [1.807, 2.05) is 31.2 Å². The lowest BCUT2D eigenvalue weighted by Crippen LogP contribution is -2.36. The molecule has 1 aliphatic rings. The zero-order valence-electron chi connectivity index (χ0n) is 10.9. The van der Waals surface area contributed by atoms with Gasteiger partial charge in [0.15, 0.2) is 0 Å². The van der Waals surface area contributed by atoms with E-state index in [1.165, 1.54) is 0 Å². The van der Waals surface area contributed by atoms with E-state index in [-0.39, 0.29) is 24.2 Å². The third kappa shape index (κ3) is 3.78. The van der Waals surface area contributed by atoms with E-state index < -0.39 is 0 Å². The number of hydrogen-bond donors (Lipinski definition) is 2. The largest absolute Gasteiger partial charge is 0.364 e. The van der Waals surface area contributed by atoms with E-state index in [2.05, 4.69) is 21.2 Å². The summed E-state index contributed by atoms with van der Waals surface area (Å²) in [4.78, 5) is 12.1. The van der Waals surface area contributed by atoms with Crippen molar-refractivity contribution in [3.05, 3.63) is 34.3 Å². The fourth-order valence-electron chi connectivity index (χ4n) is 2.24. The standard InChI is InChI=1S/C14H19BrN2O2/c1-9(10-3-2-4-11(15)7-10)17-14(18)13-6-5-12(8-16)19-13/h2-4,7,9,12-13H,5-6,8,16H2,1H3,(H,17,18). The molecule has 1 saturated heterocycles. The predicted molar refractivity (Wildman–Crippen MR) is 77.6 cm³/mol. The Balaban J connectivity index is 1.92. The van der Waals surface area contributed by atoms with Crippen LogP contribution < -0.4 is 11.1 Å². The maximum Gasteiger partial charge on any atom is 0.249 e. The quantitative estimate of drug-likeness (QED) is 0.890. The number of carbonyl (C=O) groups is 1. The average molecular weight is 327 g/mol. The van der Waals surface area contributed by atoms with Crippen LogP contribution in [0.5, 0.6) is 0 Å². The normalized spacial score (nSPS) is 24.2. The number of nitrogens with two attached hydrogens (primary N) is 1. The van der Waals surface area contributed by atoms with Crippen molar-refractivity contribution in [3.63, 3.8) is 0 Å². The summed E-state index contributed by atoms with van der Waals surface area (Å²) in [7, 11) is 0. The van der Waals surface area contributed by atoms with E-state index in [4.69, 9.17) is 10.5 Å². The van der Waals surface area contributed by atoms with Crippen LogP contribution in [0.25, 0.3) is 0 Å². The fourth-order valence-corrected chi connectivity index (χ4v) is 2.65. The summed E-state index contributed by atoms with van der Waals surface area (Å²) >= 11 is 3.43. The zero-order chi connectivity index (χ0) is 13.8. The van der Waals surface area contributed by atoms with Gasteiger partial charge in [0.05, 0.1) is 12.1 Å². The van der Waals surface area contributed by atoms with Crippen molar-refractivity contribution in [1.82, 2.24) is 5.32 Å². The molecule has 3 N–H and O–H groups in total. The van der Waals surface area contributed by atoms with Crippen molar-refractivity contribution in [1.29, 1.82) is 0 Å². The van der Waals surface area contributed by atoms with Crippen LogP contribution in [0.4, 0.5) is 0 Å². The van der Waals surface area contributed by atoms with Gasteiger partial charge in [0.25, 0.3) is 0 Å². The average Bonchev–Trinajstić information content (AvgIpc) is 2.87. The summed E-state index contributed by atoms with van der Waals surface area (Å²) in [5, 5.41) is 2.98. The number of ether oxygens (including phenoxy) is 1. The molecule has 5 heteroatoms. The highest BCUT2D eigenvalue weighted by Gasteiger charge is 2.30. The Bertz CT molecular complexity index is 453. The van der Waals surface area contributed by atoms with Crippen molar-refractivity contribution >= 4 is 21.8 Å². The first-order valence-corrected chi connectivity index (χ1v) is 7.31. The van der Waals surface area contributed by atoms with Gasteiger partial charge in [-0.2, -0.15) is 0 Å². The molecule has 1 amide bonds. The third-order valence-corrected chi connectivity index (χ3v) is 3.86. The third-order valence-electron chi connectivity index (χ3n) is 3.37. The van der Waals surface area contributed by atoms with Crippen LogP contribution in [0.15, 0.2) is 28.7 Å². The molecule has 3 atom stereocenters. The molecule has 1 aliphatic heterocycles. The Kier molecular flexibility index (Phi) is 4.96. The van der Waals surface area contributed by atoms with E-state index in [0.717, 1.165) is 22.9 Å². The van der Waals surface area contributed by atoms with Crippen molar-refractivity contribution < 1.29 is 9.53 Å². The van der Waals surface area contributed by atoms with Crippen LogP contribution in [0.1, 0.15) is 31.4 Å². The van der Waals surface area contributed by atoms with E-state index >= 15 is 0 Å². The number of halogens is 1. The van der Waals surface area contributed by atoms with Gasteiger partial charge < -0.3 is 15.8 Å². The topological polar surface area (TPSA) is 64.4 Å². The number of benzene rings is 1. The summed E-state index contributed by atoms with van der Waals surface area (Å²) in [5.74, 6) is -0.0524. The van der Waals surface area contributed by atoms with Gasteiger partial charge in [0.1, 0.15) is 6.10 Å². The van der Waals surface area contributed by atoms with Gasteiger partial charge in [-0.3, -0.25) is 4.79 Å². The summed E-state index contributed by atoms with van der Waals surface area (Å²) < 4.78 is 6.59. The monoisotopic (exact) mass is 326 g/mol. The number of amides is 1. The van der Waals surface area contributed by atoms with Crippen LogP contribution in [0.2, 0.25) is 0 Å². The van der Waals surface area contributed by atoms with Crippen LogP contribution >= 0.6 is 15.9 Å².